The molecule has 4 rings (SSSR count). The van der Waals surface area contributed by atoms with Crippen LogP contribution in [0.4, 0.5) is 10.2 Å². The molecule has 0 aliphatic heterocycles. The van der Waals surface area contributed by atoms with E-state index in [-0.39, 0.29) is 32.2 Å². The Labute approximate surface area is 195 Å². The molecule has 1 N–H and O–H groups in total. The number of fused-ring (bicyclic) bond motifs is 1. The van der Waals surface area contributed by atoms with E-state index in [1.807, 2.05) is 26.8 Å². The number of benzene rings is 2. The Kier molecular flexibility index (Phi) is 5.71. The number of rotatable bonds is 4. The monoisotopic (exact) mass is 486 g/mol. The van der Waals surface area contributed by atoms with E-state index in [9.17, 15) is 17.6 Å². The molecule has 0 saturated heterocycles. The maximum Gasteiger partial charge on any atom is 0.283 e. The lowest BCUT2D eigenvalue weighted by Gasteiger charge is -2.19. The molecule has 1 amide bonds. The molecule has 0 unspecified atom stereocenters. The number of hydrogen-bond donors (Lipinski definition) is 1. The smallest absolute Gasteiger partial charge is 0.283 e. The Morgan fingerprint density at radius 1 is 1.09 bits per heavy atom. The van der Waals surface area contributed by atoms with Crippen molar-refractivity contribution in [3.8, 4) is 0 Å². The number of nitrogens with zero attached hydrogens (tertiary/aromatic N) is 3. The molecule has 0 spiro atoms. The van der Waals surface area contributed by atoms with Crippen molar-refractivity contribution in [1.82, 2.24) is 14.2 Å². The van der Waals surface area contributed by atoms with Crippen molar-refractivity contribution in [2.75, 3.05) is 5.32 Å². The van der Waals surface area contributed by atoms with Gasteiger partial charge in [-0.3, -0.25) is 4.79 Å². The van der Waals surface area contributed by atoms with Gasteiger partial charge in [0.15, 0.2) is 0 Å². The first-order chi connectivity index (χ1) is 15.5. The predicted molar refractivity (Wildman–Crippen MR) is 125 cm³/mol. The highest BCUT2D eigenvalue weighted by atomic mass is 35.5. The number of anilines is 1. The van der Waals surface area contributed by atoms with Gasteiger partial charge in [0, 0.05) is 17.6 Å². The average molecular weight is 487 g/mol. The summed E-state index contributed by atoms with van der Waals surface area (Å²) < 4.78 is 41.7. The molecule has 4 aromatic rings. The van der Waals surface area contributed by atoms with Gasteiger partial charge in [0.1, 0.15) is 11.6 Å². The Bertz CT molecular complexity index is 1470. The number of carbonyl (C=O) groups excluding carboxylic acids is 1. The molecule has 0 fully saturated rings. The summed E-state index contributed by atoms with van der Waals surface area (Å²) in [5.41, 5.74) is 0.492. The number of halogens is 2. The second-order valence-electron chi connectivity index (χ2n) is 8.45. The van der Waals surface area contributed by atoms with Crippen molar-refractivity contribution in [2.45, 2.75) is 31.1 Å². The lowest BCUT2D eigenvalue weighted by molar-refractivity contribution is 0.102. The second-order valence-corrected chi connectivity index (χ2v) is 10.6. The van der Waals surface area contributed by atoms with Crippen LogP contribution in [0.25, 0.3) is 10.9 Å². The average Bonchev–Trinajstić information content (AvgIpc) is 3.17. The van der Waals surface area contributed by atoms with Gasteiger partial charge in [-0.25, -0.2) is 9.37 Å². The largest absolute Gasteiger partial charge is 0.306 e. The molecule has 7 nitrogen and oxygen atoms in total. The van der Waals surface area contributed by atoms with Crippen LogP contribution in [0.3, 0.4) is 0 Å². The first-order valence-corrected chi connectivity index (χ1v) is 11.8. The third kappa shape index (κ3) is 4.34. The lowest BCUT2D eigenvalue weighted by Crippen LogP contribution is -2.17. The quantitative estimate of drug-likeness (QED) is 0.437. The van der Waals surface area contributed by atoms with Crippen LogP contribution in [-0.4, -0.2) is 28.5 Å². The van der Waals surface area contributed by atoms with Crippen molar-refractivity contribution >= 4 is 44.3 Å². The number of nitrogens with one attached hydrogen (secondary N) is 1. The van der Waals surface area contributed by atoms with Crippen LogP contribution in [-0.2, 0) is 15.4 Å². The van der Waals surface area contributed by atoms with Crippen molar-refractivity contribution in [3.63, 3.8) is 0 Å². The molecule has 2 heterocycles. The minimum absolute atomic E-state index is 0.0206. The summed E-state index contributed by atoms with van der Waals surface area (Å²) in [5, 5.41) is 6.89. The predicted octanol–water partition coefficient (Wildman–Crippen LogP) is 5.01. The Balaban J connectivity index is 1.74. The van der Waals surface area contributed by atoms with Gasteiger partial charge < -0.3 is 5.32 Å². The van der Waals surface area contributed by atoms with Gasteiger partial charge in [-0.15, -0.1) is 0 Å². The summed E-state index contributed by atoms with van der Waals surface area (Å²) in [6.07, 6.45) is 2.74. The van der Waals surface area contributed by atoms with Crippen LogP contribution in [0.2, 0.25) is 5.02 Å². The van der Waals surface area contributed by atoms with E-state index >= 15 is 0 Å². The minimum Gasteiger partial charge on any atom is -0.306 e. The van der Waals surface area contributed by atoms with Gasteiger partial charge >= 0.3 is 0 Å². The first kappa shape index (κ1) is 22.9. The molecule has 10 heteroatoms. The van der Waals surface area contributed by atoms with E-state index < -0.39 is 21.7 Å². The molecule has 0 atom stereocenters. The molecule has 0 radical (unpaired) electrons. The third-order valence-corrected chi connectivity index (χ3v) is 6.99. The van der Waals surface area contributed by atoms with Gasteiger partial charge in [-0.05, 0) is 35.2 Å². The molecule has 2 aromatic carbocycles. The molecular weight excluding hydrogens is 467 g/mol. The fourth-order valence-corrected chi connectivity index (χ4v) is 4.84. The summed E-state index contributed by atoms with van der Waals surface area (Å²) >= 11 is 5.95. The highest BCUT2D eigenvalue weighted by Crippen LogP contribution is 2.27. The van der Waals surface area contributed by atoms with Gasteiger partial charge in [-0.1, -0.05) is 50.6 Å². The highest BCUT2D eigenvalue weighted by molar-refractivity contribution is 7.90. The van der Waals surface area contributed by atoms with Crippen molar-refractivity contribution < 1.29 is 17.6 Å². The van der Waals surface area contributed by atoms with E-state index in [1.165, 1.54) is 36.7 Å². The van der Waals surface area contributed by atoms with Crippen molar-refractivity contribution in [2.24, 2.45) is 0 Å². The lowest BCUT2D eigenvalue weighted by atomic mass is 9.87. The summed E-state index contributed by atoms with van der Waals surface area (Å²) in [4.78, 5) is 16.7. The maximum absolute atomic E-state index is 14.1. The number of pyridine rings is 1. The van der Waals surface area contributed by atoms with Crippen LogP contribution in [0.1, 0.15) is 36.7 Å². The van der Waals surface area contributed by atoms with E-state index in [4.69, 9.17) is 11.6 Å². The molecule has 0 aliphatic carbocycles. The van der Waals surface area contributed by atoms with Crippen molar-refractivity contribution in [3.05, 3.63) is 82.9 Å². The fraction of sp³-hybridized carbons (Fsp3) is 0.174. The van der Waals surface area contributed by atoms with Crippen LogP contribution < -0.4 is 5.32 Å². The summed E-state index contributed by atoms with van der Waals surface area (Å²) in [6.45, 7) is 5.97. The molecule has 170 valence electrons. The zero-order valence-electron chi connectivity index (χ0n) is 18.0. The minimum atomic E-state index is -4.03. The Morgan fingerprint density at radius 2 is 1.82 bits per heavy atom. The van der Waals surface area contributed by atoms with Gasteiger partial charge in [0.2, 0.25) is 0 Å². The second kappa shape index (κ2) is 8.24. The molecule has 0 saturated carbocycles. The zero-order valence-corrected chi connectivity index (χ0v) is 19.6. The first-order valence-electron chi connectivity index (χ1n) is 9.94. The highest BCUT2D eigenvalue weighted by Gasteiger charge is 2.24. The van der Waals surface area contributed by atoms with E-state index in [2.05, 4.69) is 15.4 Å². The molecule has 33 heavy (non-hydrogen) atoms. The Hall–Kier alpha value is -3.30. The van der Waals surface area contributed by atoms with Crippen LogP contribution >= 0.6 is 11.6 Å². The van der Waals surface area contributed by atoms with Crippen molar-refractivity contribution in [1.29, 1.82) is 0 Å². The number of aromatic nitrogens is 3. The summed E-state index contributed by atoms with van der Waals surface area (Å²) in [5.74, 6) is -1.57. The van der Waals surface area contributed by atoms with E-state index in [0.717, 1.165) is 15.7 Å². The van der Waals surface area contributed by atoms with Crippen LogP contribution in [0, 0.1) is 5.82 Å². The fourth-order valence-electron chi connectivity index (χ4n) is 3.27. The van der Waals surface area contributed by atoms with E-state index in [0.29, 0.717) is 5.39 Å². The van der Waals surface area contributed by atoms with Crippen LogP contribution in [0.5, 0.6) is 0 Å². The van der Waals surface area contributed by atoms with Gasteiger partial charge in [0.05, 0.1) is 27.2 Å². The zero-order chi connectivity index (χ0) is 24.0. The van der Waals surface area contributed by atoms with Gasteiger partial charge in [0.25, 0.3) is 15.9 Å². The van der Waals surface area contributed by atoms with Crippen LogP contribution in [0.15, 0.2) is 65.8 Å². The molecule has 0 aliphatic rings. The number of carbonyl (C=O) groups is 1. The normalized spacial score (nSPS) is 12.2. The molecule has 2 aromatic heterocycles. The van der Waals surface area contributed by atoms with E-state index in [1.54, 1.807) is 12.1 Å². The molecular formula is C23H20ClFN4O3S. The molecule has 0 bridgehead atoms. The standard InChI is InChI=1S/C23H20ClFN4O3S/c1-23(2,3)15-6-4-7-16(10-15)33(31,32)29-19-11-20(26-12-14(19)13-27-29)28-22(30)21-17(24)8-5-9-18(21)25/h4-13H,1-3H3,(H,26,28,30). The number of hydrogen-bond acceptors (Lipinski definition) is 5. The maximum atomic E-state index is 14.1. The van der Waals surface area contributed by atoms with Gasteiger partial charge in [-0.2, -0.15) is 17.6 Å². The summed E-state index contributed by atoms with van der Waals surface area (Å²) in [7, 11) is -4.03. The Morgan fingerprint density at radius 3 is 2.52 bits per heavy atom. The number of amides is 1. The topological polar surface area (TPSA) is 93.9 Å². The summed E-state index contributed by atoms with van der Waals surface area (Å²) in [6, 6.07) is 11.9. The SMILES string of the molecule is CC(C)(C)c1cccc(S(=O)(=O)n2ncc3cnc(NC(=O)c4c(F)cccc4Cl)cc32)c1. The third-order valence-electron chi connectivity index (χ3n) is 5.08.